The molecule has 0 spiro atoms. The van der Waals surface area contributed by atoms with Crippen LogP contribution in [0, 0.1) is 11.8 Å². The number of ether oxygens (including phenoxy) is 3. The number of hydrogen-bond donors (Lipinski definition) is 1. The van der Waals surface area contributed by atoms with Crippen LogP contribution in [0.25, 0.3) is 0 Å². The summed E-state index contributed by atoms with van der Waals surface area (Å²) >= 11 is 0. The SMILES string of the molecule is COc1c2c(cc3c1[C@@H](C#CCO)[N+](C)(C)CC3)OCO2. The minimum Gasteiger partial charge on any atom is -0.492 e. The van der Waals surface area contributed by atoms with E-state index >= 15 is 0 Å². The summed E-state index contributed by atoms with van der Waals surface area (Å²) in [5.74, 6) is 8.09. The number of quaternary nitrogens is 1. The monoisotopic (exact) mass is 290 g/mol. The van der Waals surface area contributed by atoms with E-state index in [1.54, 1.807) is 7.11 Å². The summed E-state index contributed by atoms with van der Waals surface area (Å²) in [5.41, 5.74) is 2.24. The van der Waals surface area contributed by atoms with E-state index < -0.39 is 0 Å². The van der Waals surface area contributed by atoms with Crippen LogP contribution >= 0.6 is 0 Å². The number of likely N-dealkylation sites (N-methyl/N-ethyl adjacent to an activating group) is 1. The zero-order valence-corrected chi connectivity index (χ0v) is 12.6. The van der Waals surface area contributed by atoms with E-state index in [1.807, 2.05) is 6.07 Å². The summed E-state index contributed by atoms with van der Waals surface area (Å²) in [6.45, 7) is 1.05. The lowest BCUT2D eigenvalue weighted by atomic mass is 9.89. The van der Waals surface area contributed by atoms with Gasteiger partial charge in [-0.25, -0.2) is 0 Å². The Bertz CT molecular complexity index is 627. The van der Waals surface area contributed by atoms with E-state index in [9.17, 15) is 0 Å². The third kappa shape index (κ3) is 2.21. The van der Waals surface area contributed by atoms with Crippen molar-refractivity contribution < 1.29 is 23.8 Å². The van der Waals surface area contributed by atoms with Crippen LogP contribution in [0.15, 0.2) is 6.07 Å². The zero-order chi connectivity index (χ0) is 15.0. The Morgan fingerprint density at radius 1 is 1.43 bits per heavy atom. The van der Waals surface area contributed by atoms with Crippen molar-refractivity contribution >= 4 is 0 Å². The molecular weight excluding hydrogens is 270 g/mol. The first-order valence-electron chi connectivity index (χ1n) is 6.99. The largest absolute Gasteiger partial charge is 0.492 e. The highest BCUT2D eigenvalue weighted by Crippen LogP contribution is 2.50. The summed E-state index contributed by atoms with van der Waals surface area (Å²) in [5, 5.41) is 9.04. The van der Waals surface area contributed by atoms with Crippen LogP contribution in [0.3, 0.4) is 0 Å². The molecule has 1 aromatic carbocycles. The van der Waals surface area contributed by atoms with Crippen LogP contribution in [-0.4, -0.2) is 50.7 Å². The van der Waals surface area contributed by atoms with Gasteiger partial charge in [0, 0.05) is 6.42 Å². The predicted octanol–water partition coefficient (Wildman–Crippen LogP) is 1.09. The van der Waals surface area contributed by atoms with Gasteiger partial charge in [-0.3, -0.25) is 0 Å². The summed E-state index contributed by atoms with van der Waals surface area (Å²) in [7, 11) is 5.93. The van der Waals surface area contributed by atoms with Crippen molar-refractivity contribution in [3.63, 3.8) is 0 Å². The quantitative estimate of drug-likeness (QED) is 0.621. The van der Waals surface area contributed by atoms with Crippen LogP contribution in [0.5, 0.6) is 17.2 Å². The van der Waals surface area contributed by atoms with Crippen molar-refractivity contribution in [2.45, 2.75) is 12.5 Å². The molecule has 0 amide bonds. The first-order valence-corrected chi connectivity index (χ1v) is 6.99. The molecule has 0 fully saturated rings. The third-order valence-corrected chi connectivity index (χ3v) is 4.20. The fourth-order valence-corrected chi connectivity index (χ4v) is 3.06. The van der Waals surface area contributed by atoms with Gasteiger partial charge in [-0.1, -0.05) is 5.92 Å². The average molecular weight is 290 g/mol. The van der Waals surface area contributed by atoms with E-state index in [4.69, 9.17) is 19.3 Å². The average Bonchev–Trinajstić information content (AvgIpc) is 2.92. The van der Waals surface area contributed by atoms with Crippen molar-refractivity contribution in [2.75, 3.05) is 41.1 Å². The maximum atomic E-state index is 9.04. The molecule has 5 nitrogen and oxygen atoms in total. The lowest BCUT2D eigenvalue weighted by molar-refractivity contribution is -0.914. The van der Waals surface area contributed by atoms with E-state index in [0.717, 1.165) is 28.8 Å². The molecule has 0 unspecified atom stereocenters. The number of hydrogen-bond acceptors (Lipinski definition) is 4. The Hall–Kier alpha value is -1.90. The van der Waals surface area contributed by atoms with Gasteiger partial charge in [-0.15, -0.1) is 0 Å². The number of fused-ring (bicyclic) bond motifs is 2. The molecule has 1 atom stereocenters. The zero-order valence-electron chi connectivity index (χ0n) is 12.6. The van der Waals surface area contributed by atoms with Gasteiger partial charge in [0.25, 0.3) is 0 Å². The van der Waals surface area contributed by atoms with E-state index in [2.05, 4.69) is 25.9 Å². The Labute approximate surface area is 124 Å². The summed E-state index contributed by atoms with van der Waals surface area (Å²) < 4.78 is 17.4. The molecule has 112 valence electrons. The topological polar surface area (TPSA) is 47.9 Å². The van der Waals surface area contributed by atoms with Crippen molar-refractivity contribution in [2.24, 2.45) is 0 Å². The molecule has 0 aliphatic carbocycles. The van der Waals surface area contributed by atoms with E-state index in [-0.39, 0.29) is 19.4 Å². The third-order valence-electron chi connectivity index (χ3n) is 4.20. The first-order chi connectivity index (χ1) is 10.1. The number of aliphatic hydroxyl groups excluding tert-OH is 1. The number of aliphatic hydroxyl groups is 1. The molecule has 1 aromatic rings. The van der Waals surface area contributed by atoms with Crippen LogP contribution in [-0.2, 0) is 6.42 Å². The number of methoxy groups -OCH3 is 1. The smallest absolute Gasteiger partial charge is 0.231 e. The van der Waals surface area contributed by atoms with Gasteiger partial charge in [0.2, 0.25) is 12.5 Å². The molecule has 2 heterocycles. The fraction of sp³-hybridized carbons (Fsp3) is 0.500. The van der Waals surface area contributed by atoms with Gasteiger partial charge in [0.15, 0.2) is 17.5 Å². The maximum Gasteiger partial charge on any atom is 0.231 e. The molecule has 21 heavy (non-hydrogen) atoms. The molecule has 0 bridgehead atoms. The second-order valence-corrected chi connectivity index (χ2v) is 5.85. The molecule has 3 rings (SSSR count). The van der Waals surface area contributed by atoms with Gasteiger partial charge in [0.05, 0.1) is 33.3 Å². The highest BCUT2D eigenvalue weighted by molar-refractivity contribution is 5.62. The highest BCUT2D eigenvalue weighted by atomic mass is 16.7. The molecule has 5 heteroatoms. The number of nitrogens with zero attached hydrogens (tertiary/aromatic N) is 1. The Kier molecular flexibility index (Phi) is 3.44. The van der Waals surface area contributed by atoms with Crippen molar-refractivity contribution in [3.05, 3.63) is 17.2 Å². The Morgan fingerprint density at radius 3 is 2.95 bits per heavy atom. The highest BCUT2D eigenvalue weighted by Gasteiger charge is 2.40. The van der Waals surface area contributed by atoms with E-state index in [0.29, 0.717) is 11.5 Å². The molecule has 1 N–H and O–H groups in total. The molecular formula is C16H20NO4+. The number of rotatable bonds is 1. The maximum absolute atomic E-state index is 9.04. The molecule has 2 aliphatic heterocycles. The normalized spacial score (nSPS) is 21.2. The molecule has 0 saturated carbocycles. The molecule has 0 saturated heterocycles. The fourth-order valence-electron chi connectivity index (χ4n) is 3.06. The minimum atomic E-state index is -0.140. The van der Waals surface area contributed by atoms with Crippen LogP contribution < -0.4 is 14.2 Å². The van der Waals surface area contributed by atoms with Gasteiger partial charge in [0.1, 0.15) is 6.61 Å². The Morgan fingerprint density at radius 2 is 2.24 bits per heavy atom. The molecule has 2 aliphatic rings. The van der Waals surface area contributed by atoms with Crippen LogP contribution in [0.1, 0.15) is 17.2 Å². The number of benzene rings is 1. The van der Waals surface area contributed by atoms with Crippen molar-refractivity contribution in [1.82, 2.24) is 0 Å². The lowest BCUT2D eigenvalue weighted by Crippen LogP contribution is -2.47. The van der Waals surface area contributed by atoms with E-state index in [1.165, 1.54) is 5.56 Å². The standard InChI is InChI=1S/C16H20NO4/c1-17(2)7-6-11-9-13-15(21-10-20-13)16(19-3)14(11)12(17)5-4-8-18/h9,12,18H,6-8,10H2,1-3H3/q+1/t12-/m1/s1. The second kappa shape index (κ2) is 5.14. The summed E-state index contributed by atoms with van der Waals surface area (Å²) in [6, 6.07) is 1.98. The summed E-state index contributed by atoms with van der Waals surface area (Å²) in [6.07, 6.45) is 0.937. The van der Waals surface area contributed by atoms with Crippen molar-refractivity contribution in [1.29, 1.82) is 0 Å². The molecule has 0 aromatic heterocycles. The lowest BCUT2D eigenvalue weighted by Gasteiger charge is -2.40. The Balaban J connectivity index is 2.21. The van der Waals surface area contributed by atoms with Crippen molar-refractivity contribution in [3.8, 4) is 29.1 Å². The second-order valence-electron chi connectivity index (χ2n) is 5.85. The van der Waals surface area contributed by atoms with Crippen LogP contribution in [0.4, 0.5) is 0 Å². The van der Waals surface area contributed by atoms with Gasteiger partial charge >= 0.3 is 0 Å². The minimum absolute atomic E-state index is 0.0506. The van der Waals surface area contributed by atoms with Gasteiger partial charge in [-0.05, 0) is 17.6 Å². The molecule has 0 radical (unpaired) electrons. The predicted molar refractivity (Wildman–Crippen MR) is 77.4 cm³/mol. The first kappa shape index (κ1) is 14.1. The summed E-state index contributed by atoms with van der Waals surface area (Å²) in [4.78, 5) is 0. The van der Waals surface area contributed by atoms with Crippen LogP contribution in [0.2, 0.25) is 0 Å². The van der Waals surface area contributed by atoms with Gasteiger partial charge < -0.3 is 23.8 Å². The van der Waals surface area contributed by atoms with Gasteiger partial charge in [-0.2, -0.15) is 0 Å².